The van der Waals surface area contributed by atoms with E-state index >= 15 is 0 Å². The lowest BCUT2D eigenvalue weighted by Crippen LogP contribution is -1.95. The highest BCUT2D eigenvalue weighted by Gasteiger charge is 2.08. The van der Waals surface area contributed by atoms with Crippen molar-refractivity contribution in [1.29, 1.82) is 0 Å². The summed E-state index contributed by atoms with van der Waals surface area (Å²) in [4.78, 5) is 7.32. The number of hydrogen-bond acceptors (Lipinski definition) is 4. The van der Waals surface area contributed by atoms with Crippen LogP contribution >= 0.6 is 12.2 Å². The number of pyridine rings is 1. The van der Waals surface area contributed by atoms with E-state index in [-0.39, 0.29) is 0 Å². The summed E-state index contributed by atoms with van der Waals surface area (Å²) in [5.41, 5.74) is 2.90. The zero-order valence-corrected chi connectivity index (χ0v) is 12.8. The maximum absolute atomic E-state index is 5.27. The third-order valence-corrected chi connectivity index (χ3v) is 3.77. The number of nitrogens with zero attached hydrogens (tertiary/aromatic N) is 4. The Balaban J connectivity index is 1.78. The van der Waals surface area contributed by atoms with Gasteiger partial charge in [-0.05, 0) is 30.4 Å². The molecule has 23 heavy (non-hydrogen) atoms. The van der Waals surface area contributed by atoms with Crippen LogP contribution in [0.2, 0.25) is 0 Å². The first-order valence-corrected chi connectivity index (χ1v) is 7.42. The molecule has 7 heteroatoms. The summed E-state index contributed by atoms with van der Waals surface area (Å²) in [6.45, 7) is 0. The van der Waals surface area contributed by atoms with Gasteiger partial charge < -0.3 is 4.98 Å². The Morgan fingerprint density at radius 1 is 1.17 bits per heavy atom. The van der Waals surface area contributed by atoms with Crippen LogP contribution < -0.4 is 0 Å². The minimum Gasteiger partial charge on any atom is -0.361 e. The van der Waals surface area contributed by atoms with Gasteiger partial charge in [0.1, 0.15) is 0 Å². The summed E-state index contributed by atoms with van der Waals surface area (Å²) in [6, 6.07) is 11.8. The van der Waals surface area contributed by atoms with E-state index < -0.39 is 0 Å². The molecule has 0 saturated carbocycles. The number of para-hydroxylation sites is 1. The van der Waals surface area contributed by atoms with Crippen LogP contribution in [0, 0.1) is 4.77 Å². The van der Waals surface area contributed by atoms with Crippen LogP contribution in [0.3, 0.4) is 0 Å². The molecule has 3 heterocycles. The molecule has 6 nitrogen and oxygen atoms in total. The van der Waals surface area contributed by atoms with Gasteiger partial charge in [0.15, 0.2) is 5.82 Å². The van der Waals surface area contributed by atoms with Crippen molar-refractivity contribution in [3.63, 3.8) is 0 Å². The van der Waals surface area contributed by atoms with Gasteiger partial charge in [-0.25, -0.2) is 5.10 Å². The van der Waals surface area contributed by atoms with E-state index in [9.17, 15) is 0 Å². The Morgan fingerprint density at radius 3 is 2.96 bits per heavy atom. The molecule has 2 N–H and O–H groups in total. The van der Waals surface area contributed by atoms with E-state index in [0.29, 0.717) is 10.6 Å². The minimum atomic E-state index is 0.431. The number of aromatic amines is 2. The summed E-state index contributed by atoms with van der Waals surface area (Å²) >= 11 is 5.27. The molecule has 1 aromatic carbocycles. The summed E-state index contributed by atoms with van der Waals surface area (Å²) < 4.78 is 2.02. The van der Waals surface area contributed by atoms with Crippen molar-refractivity contribution >= 4 is 29.3 Å². The van der Waals surface area contributed by atoms with Crippen LogP contribution in [0.4, 0.5) is 0 Å². The van der Waals surface area contributed by atoms with Gasteiger partial charge in [0, 0.05) is 40.6 Å². The summed E-state index contributed by atoms with van der Waals surface area (Å²) in [7, 11) is 0. The third kappa shape index (κ3) is 2.47. The number of aromatic nitrogens is 5. The van der Waals surface area contributed by atoms with Gasteiger partial charge in [0.05, 0.1) is 6.21 Å². The fourth-order valence-electron chi connectivity index (χ4n) is 2.40. The molecule has 0 unspecified atom stereocenters. The predicted octanol–water partition coefficient (Wildman–Crippen LogP) is 3.37. The first kappa shape index (κ1) is 13.6. The average Bonchev–Trinajstić information content (AvgIpc) is 3.17. The van der Waals surface area contributed by atoms with Crippen LogP contribution in [0.15, 0.2) is 60.1 Å². The second-order valence-electron chi connectivity index (χ2n) is 4.94. The molecule has 0 fully saturated rings. The molecule has 0 spiro atoms. The fraction of sp³-hybridized carbons (Fsp3) is 0. The molecule has 0 bridgehead atoms. The Hall–Kier alpha value is -3.06. The fourth-order valence-corrected chi connectivity index (χ4v) is 2.58. The summed E-state index contributed by atoms with van der Waals surface area (Å²) in [6.07, 6.45) is 7.12. The molecule has 0 aliphatic heterocycles. The molecule has 3 aromatic heterocycles. The van der Waals surface area contributed by atoms with E-state index in [2.05, 4.69) is 25.3 Å². The normalized spacial score (nSPS) is 11.5. The van der Waals surface area contributed by atoms with Gasteiger partial charge in [0.2, 0.25) is 4.77 Å². The van der Waals surface area contributed by atoms with Gasteiger partial charge in [0.25, 0.3) is 0 Å². The minimum absolute atomic E-state index is 0.431. The van der Waals surface area contributed by atoms with Crippen molar-refractivity contribution in [2.75, 3.05) is 0 Å². The molecule has 0 amide bonds. The molecule has 0 radical (unpaired) electrons. The van der Waals surface area contributed by atoms with Crippen molar-refractivity contribution in [2.24, 2.45) is 5.10 Å². The largest absolute Gasteiger partial charge is 0.361 e. The second kappa shape index (κ2) is 5.62. The molecule has 0 aliphatic rings. The maximum Gasteiger partial charge on any atom is 0.216 e. The van der Waals surface area contributed by atoms with Crippen LogP contribution in [-0.4, -0.2) is 31.1 Å². The maximum atomic E-state index is 5.27. The highest BCUT2D eigenvalue weighted by atomic mass is 32.1. The Morgan fingerprint density at radius 2 is 2.09 bits per heavy atom. The van der Waals surface area contributed by atoms with Gasteiger partial charge in [-0.15, -0.1) is 0 Å². The number of nitrogens with one attached hydrogen (secondary N) is 2. The first-order chi connectivity index (χ1) is 11.3. The standard InChI is InChI=1S/C16H12N6S/c23-16-21-20-15(11-4-3-7-17-8-11)22(16)19-10-12-9-18-14-6-2-1-5-13(12)14/h1-10,18H,(H,21,23)/b19-10+. The summed E-state index contributed by atoms with van der Waals surface area (Å²) in [5.74, 6) is 0.624. The van der Waals surface area contributed by atoms with Crippen LogP contribution in [-0.2, 0) is 0 Å². The van der Waals surface area contributed by atoms with E-state index in [1.54, 1.807) is 23.3 Å². The van der Waals surface area contributed by atoms with E-state index in [1.165, 1.54) is 0 Å². The molecule has 0 aliphatic carbocycles. The van der Waals surface area contributed by atoms with Gasteiger partial charge in [-0.3, -0.25) is 4.98 Å². The van der Waals surface area contributed by atoms with Gasteiger partial charge in [-0.1, -0.05) is 18.2 Å². The SMILES string of the molecule is S=c1[nH]nc(-c2cccnc2)n1/N=C/c1c[nH]c2ccccc12. The van der Waals surface area contributed by atoms with Crippen molar-refractivity contribution in [1.82, 2.24) is 24.8 Å². The van der Waals surface area contributed by atoms with Crippen molar-refractivity contribution in [3.8, 4) is 11.4 Å². The highest BCUT2D eigenvalue weighted by molar-refractivity contribution is 7.71. The monoisotopic (exact) mass is 320 g/mol. The molecular weight excluding hydrogens is 308 g/mol. The zero-order valence-electron chi connectivity index (χ0n) is 12.0. The Labute approximate surface area is 136 Å². The first-order valence-electron chi connectivity index (χ1n) is 7.01. The number of rotatable bonds is 3. The van der Waals surface area contributed by atoms with E-state index in [0.717, 1.165) is 22.0 Å². The van der Waals surface area contributed by atoms with E-state index in [4.69, 9.17) is 12.2 Å². The molecule has 4 rings (SSSR count). The van der Waals surface area contributed by atoms with Crippen LogP contribution in [0.5, 0.6) is 0 Å². The molecule has 0 saturated heterocycles. The molecule has 0 atom stereocenters. The lowest BCUT2D eigenvalue weighted by Gasteiger charge is -1.99. The number of hydrogen-bond donors (Lipinski definition) is 2. The zero-order chi connectivity index (χ0) is 15.6. The van der Waals surface area contributed by atoms with Gasteiger partial charge in [-0.2, -0.15) is 14.9 Å². The summed E-state index contributed by atoms with van der Waals surface area (Å²) in [5, 5.41) is 12.6. The molecule has 112 valence electrons. The number of benzene rings is 1. The smallest absolute Gasteiger partial charge is 0.216 e. The van der Waals surface area contributed by atoms with Crippen molar-refractivity contribution in [2.45, 2.75) is 0 Å². The Kier molecular flexibility index (Phi) is 3.32. The van der Waals surface area contributed by atoms with Gasteiger partial charge >= 0.3 is 0 Å². The van der Waals surface area contributed by atoms with Crippen LogP contribution in [0.25, 0.3) is 22.3 Å². The van der Waals surface area contributed by atoms with E-state index in [1.807, 2.05) is 42.6 Å². The lowest BCUT2D eigenvalue weighted by atomic mass is 10.2. The molecular formula is C16H12N6S. The van der Waals surface area contributed by atoms with Crippen LogP contribution in [0.1, 0.15) is 5.56 Å². The topological polar surface area (TPSA) is 74.7 Å². The number of fused-ring (bicyclic) bond motifs is 1. The lowest BCUT2D eigenvalue weighted by molar-refractivity contribution is 0.871. The highest BCUT2D eigenvalue weighted by Crippen LogP contribution is 2.18. The molecule has 4 aromatic rings. The predicted molar refractivity (Wildman–Crippen MR) is 91.9 cm³/mol. The third-order valence-electron chi connectivity index (χ3n) is 3.50. The second-order valence-corrected chi connectivity index (χ2v) is 5.33. The number of H-pyrrole nitrogens is 2. The van der Waals surface area contributed by atoms with Crippen molar-refractivity contribution in [3.05, 3.63) is 65.3 Å². The quantitative estimate of drug-likeness (QED) is 0.449. The average molecular weight is 320 g/mol. The van der Waals surface area contributed by atoms with Crippen molar-refractivity contribution < 1.29 is 0 Å². The Bertz CT molecular complexity index is 1040.